The number of aliphatic hydroxyl groups excluding tert-OH is 1. The first-order valence-corrected chi connectivity index (χ1v) is 20.2. The van der Waals surface area contributed by atoms with E-state index in [-0.39, 0.29) is 49.8 Å². The fourth-order valence-electron chi connectivity index (χ4n) is 7.30. The van der Waals surface area contributed by atoms with Crippen LogP contribution in [0.2, 0.25) is 0 Å². The molecule has 14 nitrogen and oxygen atoms in total. The first-order valence-electron chi connectivity index (χ1n) is 20.2. The molecular weight excluding hydrogens is 751 g/mol. The Hall–Kier alpha value is -5.73. The van der Waals surface area contributed by atoms with Gasteiger partial charge in [-0.1, -0.05) is 101 Å². The van der Waals surface area contributed by atoms with Gasteiger partial charge in [0.1, 0.15) is 11.8 Å². The predicted molar refractivity (Wildman–Crippen MR) is 226 cm³/mol. The van der Waals surface area contributed by atoms with Gasteiger partial charge in [-0.2, -0.15) is 0 Å². The topological polar surface area (TPSA) is 166 Å². The van der Waals surface area contributed by atoms with Crippen LogP contribution in [0.25, 0.3) is 10.9 Å². The van der Waals surface area contributed by atoms with Crippen molar-refractivity contribution in [2.75, 3.05) is 40.4 Å². The van der Waals surface area contributed by atoms with Gasteiger partial charge in [-0.15, -0.1) is 0 Å². The van der Waals surface area contributed by atoms with Crippen molar-refractivity contribution in [3.8, 4) is 5.75 Å². The maximum absolute atomic E-state index is 14.5. The highest BCUT2D eigenvalue weighted by molar-refractivity contribution is 5.88. The SMILES string of the molecule is CCC(C)C(C(=O)NC(Cc1ccccc1)C(O)CN(Cc1ccc(OC)cc1)NC(=O)CC(C)(C)CNC(=O)OC)N1CCN(Cc2ccc3ccccc3n2)C1=O. The number of hydrogen-bond donors (Lipinski definition) is 4. The van der Waals surface area contributed by atoms with E-state index in [0.717, 1.165) is 27.7 Å². The molecule has 5 rings (SSSR count). The maximum Gasteiger partial charge on any atom is 0.406 e. The van der Waals surface area contributed by atoms with E-state index in [1.165, 1.54) is 7.11 Å². The molecule has 1 aromatic heterocycles. The molecule has 0 bridgehead atoms. The highest BCUT2D eigenvalue weighted by Gasteiger charge is 2.41. The van der Waals surface area contributed by atoms with Crippen molar-refractivity contribution in [3.05, 3.63) is 108 Å². The highest BCUT2D eigenvalue weighted by Crippen LogP contribution is 2.24. The Balaban J connectivity index is 1.35. The van der Waals surface area contributed by atoms with Gasteiger partial charge >= 0.3 is 12.1 Å². The number of carbonyl (C=O) groups excluding carboxylic acids is 4. The van der Waals surface area contributed by atoms with Crippen LogP contribution in [0.5, 0.6) is 5.75 Å². The fourth-order valence-corrected chi connectivity index (χ4v) is 7.30. The lowest BCUT2D eigenvalue weighted by Gasteiger charge is -2.35. The van der Waals surface area contributed by atoms with Gasteiger partial charge in [-0.05, 0) is 53.1 Å². The summed E-state index contributed by atoms with van der Waals surface area (Å²) in [6.45, 7) is 9.19. The molecule has 316 valence electrons. The number of benzene rings is 3. The lowest BCUT2D eigenvalue weighted by Crippen LogP contribution is -2.58. The van der Waals surface area contributed by atoms with Gasteiger partial charge < -0.3 is 35.0 Å². The number of ether oxygens (including phenoxy) is 2. The number of pyridine rings is 1. The molecule has 14 heteroatoms. The number of rotatable bonds is 20. The van der Waals surface area contributed by atoms with E-state index in [4.69, 9.17) is 14.5 Å². The standard InChI is InChI=1S/C45H59N7O7/c1-7-31(2)41(52-24-23-50(44(52)57)28-35-20-19-34-15-11-12-16-37(34)47-35)42(55)48-38(25-32-13-9-8-10-14-32)39(53)29-51(27-33-17-21-36(58-5)22-18-33)49-40(54)26-45(3,4)30-46-43(56)59-6/h8-22,31,38-39,41,53H,7,23-30H2,1-6H3,(H,46,56)(H,48,55)(H,49,54). The number of hydrazine groups is 1. The first-order chi connectivity index (χ1) is 28.3. The van der Waals surface area contributed by atoms with E-state index in [0.29, 0.717) is 38.2 Å². The van der Waals surface area contributed by atoms with E-state index in [1.807, 2.05) is 119 Å². The van der Waals surface area contributed by atoms with Crippen LogP contribution in [0.4, 0.5) is 9.59 Å². The molecule has 4 atom stereocenters. The maximum atomic E-state index is 14.5. The second-order valence-electron chi connectivity index (χ2n) is 16.0. The summed E-state index contributed by atoms with van der Waals surface area (Å²) in [4.78, 5) is 62.0. The molecule has 0 saturated carbocycles. The Morgan fingerprint density at radius 1 is 0.932 bits per heavy atom. The molecule has 1 aliphatic heterocycles. The van der Waals surface area contributed by atoms with Crippen LogP contribution in [-0.4, -0.2) is 107 Å². The number of amides is 5. The number of para-hydroxylation sites is 1. The molecule has 3 aromatic carbocycles. The number of carbonyl (C=O) groups is 4. The van der Waals surface area contributed by atoms with Crippen molar-refractivity contribution in [3.63, 3.8) is 0 Å². The monoisotopic (exact) mass is 809 g/mol. The third kappa shape index (κ3) is 12.6. The fraction of sp³-hybridized carbons (Fsp3) is 0.444. The van der Waals surface area contributed by atoms with Gasteiger partial charge in [0.25, 0.3) is 0 Å². The summed E-state index contributed by atoms with van der Waals surface area (Å²) in [5, 5.41) is 20.5. The van der Waals surface area contributed by atoms with Crippen LogP contribution in [0.15, 0.2) is 91.0 Å². The van der Waals surface area contributed by atoms with Crippen molar-refractivity contribution in [2.45, 2.75) is 78.2 Å². The molecule has 5 amide bonds. The second-order valence-corrected chi connectivity index (χ2v) is 16.0. The lowest BCUT2D eigenvalue weighted by atomic mass is 9.89. The van der Waals surface area contributed by atoms with E-state index < -0.39 is 29.7 Å². The molecule has 1 aliphatic rings. The minimum absolute atomic E-state index is 0.0421. The number of aromatic nitrogens is 1. The number of fused-ring (bicyclic) bond motifs is 1. The Bertz CT molecular complexity index is 2010. The summed E-state index contributed by atoms with van der Waals surface area (Å²) >= 11 is 0. The van der Waals surface area contributed by atoms with E-state index in [1.54, 1.807) is 21.9 Å². The quantitative estimate of drug-likeness (QED) is 0.0869. The molecule has 0 aliphatic carbocycles. The average molecular weight is 810 g/mol. The zero-order valence-corrected chi connectivity index (χ0v) is 35.0. The molecule has 2 heterocycles. The number of nitrogens with one attached hydrogen (secondary N) is 3. The minimum atomic E-state index is -1.16. The predicted octanol–water partition coefficient (Wildman–Crippen LogP) is 5.29. The highest BCUT2D eigenvalue weighted by atomic mass is 16.5. The molecule has 4 aromatic rings. The molecule has 1 fully saturated rings. The largest absolute Gasteiger partial charge is 0.497 e. The summed E-state index contributed by atoms with van der Waals surface area (Å²) in [7, 11) is 2.86. The molecular formula is C45H59N7O7. The Morgan fingerprint density at radius 2 is 1.64 bits per heavy atom. The summed E-state index contributed by atoms with van der Waals surface area (Å²) in [5.74, 6) is -0.186. The second kappa shape index (κ2) is 20.8. The summed E-state index contributed by atoms with van der Waals surface area (Å²) in [6, 6.07) is 26.9. The number of nitrogens with zero attached hydrogens (tertiary/aromatic N) is 4. The van der Waals surface area contributed by atoms with Gasteiger partial charge in [0.15, 0.2) is 0 Å². The Labute approximate surface area is 347 Å². The summed E-state index contributed by atoms with van der Waals surface area (Å²) in [5.41, 5.74) is 5.72. The van der Waals surface area contributed by atoms with Crippen molar-refractivity contribution in [2.24, 2.45) is 11.3 Å². The lowest BCUT2D eigenvalue weighted by molar-refractivity contribution is -0.131. The average Bonchev–Trinajstić information content (AvgIpc) is 3.57. The van der Waals surface area contributed by atoms with Crippen LogP contribution < -0.4 is 20.8 Å². The van der Waals surface area contributed by atoms with Gasteiger partial charge in [-0.25, -0.2) is 14.6 Å². The molecule has 4 N–H and O–H groups in total. The third-order valence-corrected chi connectivity index (χ3v) is 10.8. The minimum Gasteiger partial charge on any atom is -0.497 e. The molecule has 1 saturated heterocycles. The number of hydrogen-bond acceptors (Lipinski definition) is 9. The zero-order chi connectivity index (χ0) is 42.5. The van der Waals surface area contributed by atoms with Crippen LogP contribution in [-0.2, 0) is 33.8 Å². The Morgan fingerprint density at radius 3 is 2.34 bits per heavy atom. The number of urea groups is 1. The summed E-state index contributed by atoms with van der Waals surface area (Å²) in [6.07, 6.45) is -0.744. The first kappa shape index (κ1) is 44.4. The van der Waals surface area contributed by atoms with Crippen molar-refractivity contribution in [1.29, 1.82) is 0 Å². The van der Waals surface area contributed by atoms with Crippen molar-refractivity contribution >= 4 is 34.8 Å². The molecule has 0 spiro atoms. The van der Waals surface area contributed by atoms with Crippen LogP contribution in [0, 0.1) is 11.3 Å². The number of alkyl carbamates (subject to hydrolysis) is 1. The summed E-state index contributed by atoms with van der Waals surface area (Å²) < 4.78 is 10.0. The smallest absolute Gasteiger partial charge is 0.406 e. The van der Waals surface area contributed by atoms with Gasteiger partial charge in [0.2, 0.25) is 11.8 Å². The molecule has 0 radical (unpaired) electrons. The zero-order valence-electron chi connectivity index (χ0n) is 35.0. The number of aliphatic hydroxyl groups is 1. The van der Waals surface area contributed by atoms with E-state index in [9.17, 15) is 24.3 Å². The van der Waals surface area contributed by atoms with Crippen LogP contribution in [0.1, 0.15) is 57.4 Å². The van der Waals surface area contributed by atoms with Crippen molar-refractivity contribution in [1.82, 2.24) is 35.9 Å². The Kier molecular flexibility index (Phi) is 15.6. The molecule has 59 heavy (non-hydrogen) atoms. The van der Waals surface area contributed by atoms with Gasteiger partial charge in [0, 0.05) is 44.5 Å². The number of methoxy groups -OCH3 is 2. The van der Waals surface area contributed by atoms with Crippen LogP contribution in [0.3, 0.4) is 0 Å². The normalized spacial score (nSPS) is 15.1. The van der Waals surface area contributed by atoms with E-state index >= 15 is 0 Å². The van der Waals surface area contributed by atoms with Gasteiger partial charge in [-0.3, -0.25) is 20.0 Å². The van der Waals surface area contributed by atoms with Gasteiger partial charge in [0.05, 0.1) is 44.1 Å². The van der Waals surface area contributed by atoms with Crippen molar-refractivity contribution < 1.29 is 33.8 Å². The van der Waals surface area contributed by atoms with Crippen LogP contribution >= 0.6 is 0 Å². The van der Waals surface area contributed by atoms with E-state index in [2.05, 4.69) is 16.1 Å². The molecule has 4 unspecified atom stereocenters. The third-order valence-electron chi connectivity index (χ3n) is 10.8.